The van der Waals surface area contributed by atoms with Crippen molar-refractivity contribution in [2.45, 2.75) is 26.4 Å². The lowest BCUT2D eigenvalue weighted by Gasteiger charge is -2.14. The molecule has 1 aliphatic rings. The Morgan fingerprint density at radius 2 is 1.93 bits per heavy atom. The number of fused-ring (bicyclic) bond motifs is 1. The van der Waals surface area contributed by atoms with E-state index in [-0.39, 0.29) is 0 Å². The lowest BCUT2D eigenvalue weighted by atomic mass is 10.0. The number of carbonyl (C=O) groups is 1. The largest absolute Gasteiger partial charge is 0.448 e. The maximum atomic E-state index is 11.4. The third-order valence-electron chi connectivity index (χ3n) is 2.24. The van der Waals surface area contributed by atoms with E-state index in [9.17, 15) is 9.59 Å². The summed E-state index contributed by atoms with van der Waals surface area (Å²) in [5.41, 5.74) is -0.486. The number of carbonyl (C=O) groups excluding carboxylic acids is 1. The van der Waals surface area contributed by atoms with Gasteiger partial charge in [-0.15, -0.1) is 0 Å². The number of cyclic esters (lactones) is 1. The molecule has 0 radical (unpaired) electrons. The highest BCUT2D eigenvalue weighted by Gasteiger charge is 2.41. The fourth-order valence-corrected chi connectivity index (χ4v) is 1.50. The summed E-state index contributed by atoms with van der Waals surface area (Å²) in [5, 5.41) is 0. The Bertz CT molecular complexity index is 468. The molecule has 0 N–H and O–H groups in total. The van der Waals surface area contributed by atoms with E-state index < -0.39 is 17.2 Å². The van der Waals surface area contributed by atoms with Gasteiger partial charge in [0, 0.05) is 5.56 Å². The smallest absolute Gasteiger partial charge is 0.342 e. The molecule has 0 fully saturated rings. The number of esters is 1. The number of rotatable bonds is 0. The van der Waals surface area contributed by atoms with Gasteiger partial charge in [0.1, 0.15) is 5.56 Å². The topological polar surface area (TPSA) is 56.5 Å². The molecule has 2 heterocycles. The van der Waals surface area contributed by atoms with Crippen LogP contribution >= 0.6 is 0 Å². The summed E-state index contributed by atoms with van der Waals surface area (Å²) in [6.45, 7) is 4.98. The molecular weight excluding hydrogens is 184 g/mol. The molecule has 0 bridgehead atoms. The summed E-state index contributed by atoms with van der Waals surface area (Å²) in [6.07, 6.45) is 0. The molecule has 74 valence electrons. The molecule has 0 spiro atoms. The van der Waals surface area contributed by atoms with Crippen molar-refractivity contribution in [2.75, 3.05) is 0 Å². The van der Waals surface area contributed by atoms with E-state index >= 15 is 0 Å². The van der Waals surface area contributed by atoms with Crippen molar-refractivity contribution in [2.24, 2.45) is 0 Å². The molecule has 0 aliphatic carbocycles. The van der Waals surface area contributed by atoms with Gasteiger partial charge in [-0.05, 0) is 26.8 Å². The third-order valence-corrected chi connectivity index (χ3v) is 2.24. The van der Waals surface area contributed by atoms with E-state index in [4.69, 9.17) is 9.15 Å². The molecule has 0 aromatic carbocycles. The maximum absolute atomic E-state index is 11.4. The van der Waals surface area contributed by atoms with Crippen LogP contribution in [0.1, 0.15) is 35.5 Å². The van der Waals surface area contributed by atoms with Crippen LogP contribution in [0.3, 0.4) is 0 Å². The molecule has 1 aromatic rings. The first-order valence-electron chi connectivity index (χ1n) is 4.30. The Hall–Kier alpha value is -1.58. The zero-order valence-electron chi connectivity index (χ0n) is 8.21. The fraction of sp³-hybridized carbons (Fsp3) is 0.400. The van der Waals surface area contributed by atoms with E-state index in [2.05, 4.69) is 0 Å². The third kappa shape index (κ3) is 1.07. The number of hydrogen-bond acceptors (Lipinski definition) is 4. The second-order valence-electron chi connectivity index (χ2n) is 3.86. The standard InChI is InChI=1S/C10H10O4/c1-5-4-6-7(13-8(5)11)10(2,3)14-9(6)12/h4H,1-3H3. The average Bonchev–Trinajstić information content (AvgIpc) is 2.26. The molecular formula is C10H10O4. The highest BCUT2D eigenvalue weighted by atomic mass is 16.6. The van der Waals surface area contributed by atoms with Gasteiger partial charge in [0.15, 0.2) is 11.4 Å². The Balaban J connectivity index is 2.77. The lowest BCUT2D eigenvalue weighted by molar-refractivity contribution is 0.00213. The van der Waals surface area contributed by atoms with Gasteiger partial charge >= 0.3 is 11.6 Å². The van der Waals surface area contributed by atoms with Gasteiger partial charge in [0.25, 0.3) is 0 Å². The molecule has 14 heavy (non-hydrogen) atoms. The number of hydrogen-bond donors (Lipinski definition) is 0. The van der Waals surface area contributed by atoms with E-state index in [0.29, 0.717) is 16.9 Å². The van der Waals surface area contributed by atoms with Crippen LogP contribution in [0.4, 0.5) is 0 Å². The van der Waals surface area contributed by atoms with Gasteiger partial charge in [-0.1, -0.05) is 0 Å². The average molecular weight is 194 g/mol. The van der Waals surface area contributed by atoms with Crippen LogP contribution in [0.5, 0.6) is 0 Å². The lowest BCUT2D eigenvalue weighted by Crippen LogP contribution is -2.18. The highest BCUT2D eigenvalue weighted by Crippen LogP contribution is 2.34. The summed E-state index contributed by atoms with van der Waals surface area (Å²) < 4.78 is 10.1. The predicted octanol–water partition coefficient (Wildman–Crippen LogP) is 1.35. The van der Waals surface area contributed by atoms with Crippen molar-refractivity contribution in [1.82, 2.24) is 0 Å². The van der Waals surface area contributed by atoms with Crippen LogP contribution in [0.2, 0.25) is 0 Å². The molecule has 1 aromatic heterocycles. The molecule has 4 nitrogen and oxygen atoms in total. The SMILES string of the molecule is Cc1cc2c(oc1=O)C(C)(C)OC2=O. The number of aryl methyl sites for hydroxylation is 1. The van der Waals surface area contributed by atoms with Gasteiger partial charge in [-0.2, -0.15) is 0 Å². The van der Waals surface area contributed by atoms with Gasteiger partial charge in [0.2, 0.25) is 0 Å². The molecule has 0 unspecified atom stereocenters. The second-order valence-corrected chi connectivity index (χ2v) is 3.86. The van der Waals surface area contributed by atoms with E-state index in [1.54, 1.807) is 20.8 Å². The summed E-state index contributed by atoms with van der Waals surface area (Å²) in [5.74, 6) is -0.116. The van der Waals surface area contributed by atoms with Crippen molar-refractivity contribution in [3.05, 3.63) is 33.4 Å². The molecule has 0 atom stereocenters. The minimum atomic E-state index is -0.834. The van der Waals surface area contributed by atoms with Crippen LogP contribution in [0.15, 0.2) is 15.3 Å². The molecule has 0 saturated heterocycles. The minimum absolute atomic E-state index is 0.318. The van der Waals surface area contributed by atoms with E-state index in [1.807, 2.05) is 0 Å². The molecule has 0 saturated carbocycles. The van der Waals surface area contributed by atoms with Gasteiger partial charge < -0.3 is 9.15 Å². The first-order chi connectivity index (χ1) is 6.42. The minimum Gasteiger partial charge on any atom is -0.448 e. The molecule has 4 heteroatoms. The van der Waals surface area contributed by atoms with Gasteiger partial charge in [-0.25, -0.2) is 9.59 Å². The summed E-state index contributed by atoms with van der Waals surface area (Å²) >= 11 is 0. The van der Waals surface area contributed by atoms with E-state index in [1.165, 1.54) is 6.07 Å². The van der Waals surface area contributed by atoms with Crippen molar-refractivity contribution in [3.63, 3.8) is 0 Å². The van der Waals surface area contributed by atoms with Crippen LogP contribution in [0, 0.1) is 6.92 Å². The Morgan fingerprint density at radius 1 is 1.29 bits per heavy atom. The summed E-state index contributed by atoms with van der Waals surface area (Å²) in [4.78, 5) is 22.6. The summed E-state index contributed by atoms with van der Waals surface area (Å²) in [6, 6.07) is 1.51. The van der Waals surface area contributed by atoms with E-state index in [0.717, 1.165) is 0 Å². The molecule has 0 amide bonds. The highest BCUT2D eigenvalue weighted by molar-refractivity contribution is 5.93. The zero-order valence-corrected chi connectivity index (χ0v) is 8.21. The monoisotopic (exact) mass is 194 g/mol. The Labute approximate surface area is 80.5 Å². The number of ether oxygens (including phenoxy) is 1. The predicted molar refractivity (Wildman–Crippen MR) is 48.2 cm³/mol. The fourth-order valence-electron chi connectivity index (χ4n) is 1.50. The molecule has 2 rings (SSSR count). The van der Waals surface area contributed by atoms with Crippen LogP contribution in [0.25, 0.3) is 0 Å². The Kier molecular flexibility index (Phi) is 1.58. The van der Waals surface area contributed by atoms with Crippen LogP contribution in [-0.4, -0.2) is 5.97 Å². The normalized spacial score (nSPS) is 17.8. The second kappa shape index (κ2) is 2.47. The first-order valence-corrected chi connectivity index (χ1v) is 4.30. The Morgan fingerprint density at radius 3 is 2.57 bits per heavy atom. The first kappa shape index (κ1) is 8.99. The quantitative estimate of drug-likeness (QED) is 0.585. The van der Waals surface area contributed by atoms with Crippen LogP contribution in [-0.2, 0) is 10.3 Å². The zero-order chi connectivity index (χ0) is 10.5. The maximum Gasteiger partial charge on any atom is 0.342 e. The van der Waals surface area contributed by atoms with Gasteiger partial charge in [0.05, 0.1) is 0 Å². The molecule has 1 aliphatic heterocycles. The van der Waals surface area contributed by atoms with Crippen molar-refractivity contribution < 1.29 is 13.9 Å². The van der Waals surface area contributed by atoms with Gasteiger partial charge in [-0.3, -0.25) is 0 Å². The van der Waals surface area contributed by atoms with Crippen molar-refractivity contribution >= 4 is 5.97 Å². The van der Waals surface area contributed by atoms with Crippen LogP contribution < -0.4 is 5.63 Å². The van der Waals surface area contributed by atoms with Crippen molar-refractivity contribution in [1.29, 1.82) is 0 Å². The summed E-state index contributed by atoms with van der Waals surface area (Å²) in [7, 11) is 0. The van der Waals surface area contributed by atoms with Crippen molar-refractivity contribution in [3.8, 4) is 0 Å².